The molecule has 1 aliphatic heterocycles. The molecule has 6 nitrogen and oxygen atoms in total. The molecule has 0 unspecified atom stereocenters. The van der Waals surface area contributed by atoms with E-state index in [0.29, 0.717) is 44.9 Å². The summed E-state index contributed by atoms with van der Waals surface area (Å²) in [6, 6.07) is 5.98. The van der Waals surface area contributed by atoms with E-state index in [-0.39, 0.29) is 11.8 Å². The number of amides is 2. The minimum Gasteiger partial charge on any atom is -0.342 e. The van der Waals surface area contributed by atoms with Crippen molar-refractivity contribution in [2.75, 3.05) is 26.2 Å². The average Bonchev–Trinajstić information content (AvgIpc) is 3.10. The van der Waals surface area contributed by atoms with Crippen LogP contribution >= 0.6 is 0 Å². The van der Waals surface area contributed by atoms with Gasteiger partial charge >= 0.3 is 0 Å². The fourth-order valence-electron chi connectivity index (χ4n) is 3.44. The molecule has 0 saturated carbocycles. The number of nitrogens with one attached hydrogen (secondary N) is 1. The predicted octanol–water partition coefficient (Wildman–Crippen LogP) is 3.09. The summed E-state index contributed by atoms with van der Waals surface area (Å²) in [6.45, 7) is 8.84. The average molecular weight is 370 g/mol. The van der Waals surface area contributed by atoms with Crippen molar-refractivity contribution in [3.8, 4) is 0 Å². The number of benzene rings is 1. The van der Waals surface area contributed by atoms with Crippen molar-refractivity contribution < 1.29 is 9.59 Å². The highest BCUT2D eigenvalue weighted by molar-refractivity contribution is 5.82. The number of nitrogens with zero attached hydrogens (tertiary/aromatic N) is 3. The fraction of sp³-hybridized carbons (Fsp3) is 0.571. The van der Waals surface area contributed by atoms with Crippen LogP contribution < -0.4 is 0 Å². The summed E-state index contributed by atoms with van der Waals surface area (Å²) in [5, 5.41) is 0. The number of aromatic amines is 1. The van der Waals surface area contributed by atoms with Gasteiger partial charge in [-0.05, 0) is 24.1 Å². The molecule has 1 aliphatic rings. The number of fused-ring (bicyclic) bond motifs is 1. The van der Waals surface area contributed by atoms with Crippen molar-refractivity contribution in [2.24, 2.45) is 0 Å². The Balaban J connectivity index is 1.56. The molecule has 1 aromatic carbocycles. The van der Waals surface area contributed by atoms with Crippen LogP contribution in [0, 0.1) is 0 Å². The van der Waals surface area contributed by atoms with Crippen molar-refractivity contribution >= 4 is 22.8 Å². The van der Waals surface area contributed by atoms with Gasteiger partial charge in [0, 0.05) is 38.5 Å². The Morgan fingerprint density at radius 2 is 1.78 bits per heavy atom. The molecule has 2 aromatic rings. The van der Waals surface area contributed by atoms with E-state index in [9.17, 15) is 9.59 Å². The van der Waals surface area contributed by atoms with E-state index in [1.807, 2.05) is 28.0 Å². The Labute approximate surface area is 160 Å². The maximum absolute atomic E-state index is 12.7. The van der Waals surface area contributed by atoms with Crippen LogP contribution in [0.25, 0.3) is 11.0 Å². The lowest BCUT2D eigenvalue weighted by atomic mass is 10.1. The number of carbonyl (C=O) groups is 2. The number of hydrogen-bond acceptors (Lipinski definition) is 3. The van der Waals surface area contributed by atoms with Gasteiger partial charge in [-0.25, -0.2) is 4.98 Å². The van der Waals surface area contributed by atoms with Gasteiger partial charge in [0.1, 0.15) is 5.82 Å². The number of H-pyrrole nitrogens is 1. The van der Waals surface area contributed by atoms with Gasteiger partial charge in [0.15, 0.2) is 0 Å². The zero-order chi connectivity index (χ0) is 19.4. The Hall–Kier alpha value is -2.37. The molecule has 27 heavy (non-hydrogen) atoms. The van der Waals surface area contributed by atoms with Crippen molar-refractivity contribution in [1.29, 1.82) is 0 Å². The lowest BCUT2D eigenvalue weighted by Crippen LogP contribution is -2.50. The third kappa shape index (κ3) is 4.67. The van der Waals surface area contributed by atoms with E-state index in [1.54, 1.807) is 0 Å². The normalized spacial score (nSPS) is 15.0. The second kappa shape index (κ2) is 8.55. The standard InChI is InChI=1S/C21H30N4O2/c1-4-5-6-19(26)24-9-11-25(12-10-24)20(27)14-16-7-8-17-18(13-16)23-21(22-17)15(2)3/h7-8,13,15H,4-6,9-12,14H2,1-3H3,(H,22,23). The molecule has 2 amide bonds. The smallest absolute Gasteiger partial charge is 0.227 e. The summed E-state index contributed by atoms with van der Waals surface area (Å²) in [4.78, 5) is 36.5. The number of imidazole rings is 1. The number of carbonyl (C=O) groups excluding carboxylic acids is 2. The predicted molar refractivity (Wildman–Crippen MR) is 107 cm³/mol. The molecule has 3 rings (SSSR count). The molecule has 0 atom stereocenters. The molecular weight excluding hydrogens is 340 g/mol. The lowest BCUT2D eigenvalue weighted by Gasteiger charge is -2.35. The SMILES string of the molecule is CCCCC(=O)N1CCN(C(=O)Cc2ccc3nc(C(C)C)[nH]c3c2)CC1. The van der Waals surface area contributed by atoms with E-state index >= 15 is 0 Å². The minimum absolute atomic E-state index is 0.124. The third-order valence-corrected chi connectivity index (χ3v) is 5.20. The van der Waals surface area contributed by atoms with Gasteiger partial charge < -0.3 is 14.8 Å². The number of piperazine rings is 1. The second-order valence-electron chi connectivity index (χ2n) is 7.67. The van der Waals surface area contributed by atoms with Gasteiger partial charge in [-0.3, -0.25) is 9.59 Å². The first-order chi connectivity index (χ1) is 13.0. The fourth-order valence-corrected chi connectivity index (χ4v) is 3.44. The monoisotopic (exact) mass is 370 g/mol. The Morgan fingerprint density at radius 3 is 2.41 bits per heavy atom. The number of hydrogen-bond donors (Lipinski definition) is 1. The molecule has 0 bridgehead atoms. The summed E-state index contributed by atoms with van der Waals surface area (Å²) < 4.78 is 0. The highest BCUT2D eigenvalue weighted by atomic mass is 16.2. The van der Waals surface area contributed by atoms with E-state index in [2.05, 4.69) is 30.7 Å². The van der Waals surface area contributed by atoms with E-state index in [0.717, 1.165) is 35.3 Å². The number of rotatable bonds is 6. The molecule has 1 aromatic heterocycles. The zero-order valence-electron chi connectivity index (χ0n) is 16.6. The Morgan fingerprint density at radius 1 is 1.11 bits per heavy atom. The van der Waals surface area contributed by atoms with Crippen molar-refractivity contribution in [3.05, 3.63) is 29.6 Å². The topological polar surface area (TPSA) is 69.3 Å². The highest BCUT2D eigenvalue weighted by Crippen LogP contribution is 2.19. The molecule has 0 radical (unpaired) electrons. The van der Waals surface area contributed by atoms with Gasteiger partial charge in [-0.2, -0.15) is 0 Å². The Bertz CT molecular complexity index is 804. The molecule has 146 valence electrons. The van der Waals surface area contributed by atoms with Crippen LogP contribution in [0.1, 0.15) is 57.3 Å². The van der Waals surface area contributed by atoms with Gasteiger partial charge in [0.25, 0.3) is 0 Å². The minimum atomic E-state index is 0.124. The van der Waals surface area contributed by atoms with Crippen LogP contribution in [-0.2, 0) is 16.0 Å². The Kier molecular flexibility index (Phi) is 6.14. The lowest BCUT2D eigenvalue weighted by molar-refractivity contribution is -0.139. The number of unbranched alkanes of at least 4 members (excludes halogenated alkanes) is 1. The molecule has 1 fully saturated rings. The van der Waals surface area contributed by atoms with Crippen LogP contribution in [0.3, 0.4) is 0 Å². The van der Waals surface area contributed by atoms with E-state index < -0.39 is 0 Å². The first-order valence-electron chi connectivity index (χ1n) is 10.0. The van der Waals surface area contributed by atoms with Crippen LogP contribution in [-0.4, -0.2) is 57.8 Å². The highest BCUT2D eigenvalue weighted by Gasteiger charge is 2.23. The summed E-state index contributed by atoms with van der Waals surface area (Å²) in [5.41, 5.74) is 2.91. The molecule has 6 heteroatoms. The molecule has 2 heterocycles. The first-order valence-corrected chi connectivity index (χ1v) is 10.0. The van der Waals surface area contributed by atoms with Crippen LogP contribution in [0.15, 0.2) is 18.2 Å². The van der Waals surface area contributed by atoms with Crippen molar-refractivity contribution in [2.45, 2.75) is 52.4 Å². The van der Waals surface area contributed by atoms with Gasteiger partial charge in [0.2, 0.25) is 11.8 Å². The largest absolute Gasteiger partial charge is 0.342 e. The summed E-state index contributed by atoms with van der Waals surface area (Å²) >= 11 is 0. The van der Waals surface area contributed by atoms with Gasteiger partial charge in [-0.15, -0.1) is 0 Å². The maximum atomic E-state index is 12.7. The molecular formula is C21H30N4O2. The van der Waals surface area contributed by atoms with Crippen LogP contribution in [0.4, 0.5) is 0 Å². The van der Waals surface area contributed by atoms with E-state index in [4.69, 9.17) is 0 Å². The molecule has 1 N–H and O–H groups in total. The van der Waals surface area contributed by atoms with Gasteiger partial charge in [0.05, 0.1) is 17.5 Å². The summed E-state index contributed by atoms with van der Waals surface area (Å²) in [5.74, 6) is 1.66. The molecule has 0 spiro atoms. The van der Waals surface area contributed by atoms with Crippen molar-refractivity contribution in [3.63, 3.8) is 0 Å². The van der Waals surface area contributed by atoms with Crippen molar-refractivity contribution in [1.82, 2.24) is 19.8 Å². The first kappa shape index (κ1) is 19.4. The third-order valence-electron chi connectivity index (χ3n) is 5.20. The number of aromatic nitrogens is 2. The molecule has 1 saturated heterocycles. The quantitative estimate of drug-likeness (QED) is 0.849. The summed E-state index contributed by atoms with van der Waals surface area (Å²) in [7, 11) is 0. The van der Waals surface area contributed by atoms with E-state index in [1.165, 1.54) is 0 Å². The molecule has 0 aliphatic carbocycles. The maximum Gasteiger partial charge on any atom is 0.227 e. The summed E-state index contributed by atoms with van der Waals surface area (Å²) in [6.07, 6.45) is 2.97. The van der Waals surface area contributed by atoms with Gasteiger partial charge in [-0.1, -0.05) is 33.3 Å². The van der Waals surface area contributed by atoms with Crippen LogP contribution in [0.2, 0.25) is 0 Å². The zero-order valence-corrected chi connectivity index (χ0v) is 16.6. The van der Waals surface area contributed by atoms with Crippen LogP contribution in [0.5, 0.6) is 0 Å². The second-order valence-corrected chi connectivity index (χ2v) is 7.67.